The molecule has 0 aliphatic heterocycles. The molecule has 0 atom stereocenters. The fourth-order valence-electron chi connectivity index (χ4n) is 3.65. The van der Waals surface area contributed by atoms with E-state index in [1.165, 1.54) is 5.56 Å². The average molecular weight is 508 g/mol. The van der Waals surface area contributed by atoms with Gasteiger partial charge in [0.1, 0.15) is 12.4 Å². The van der Waals surface area contributed by atoms with Crippen molar-refractivity contribution in [3.8, 4) is 5.75 Å². The van der Waals surface area contributed by atoms with Crippen LogP contribution >= 0.6 is 23.2 Å². The summed E-state index contributed by atoms with van der Waals surface area (Å²) < 4.78 is 7.72. The quantitative estimate of drug-likeness (QED) is 0.268. The monoisotopic (exact) mass is 507 g/mol. The van der Waals surface area contributed by atoms with Crippen LogP contribution in [0.4, 0.5) is 5.82 Å². The topological polar surface area (TPSA) is 56.1 Å². The van der Waals surface area contributed by atoms with Crippen LogP contribution in [0.3, 0.4) is 0 Å². The predicted molar refractivity (Wildman–Crippen MR) is 142 cm³/mol. The second-order valence-corrected chi connectivity index (χ2v) is 9.56. The van der Waals surface area contributed by atoms with Crippen LogP contribution in [-0.2, 0) is 13.2 Å². The van der Waals surface area contributed by atoms with Gasteiger partial charge in [0.25, 0.3) is 5.91 Å². The van der Waals surface area contributed by atoms with E-state index in [2.05, 4.69) is 36.4 Å². The molecule has 0 unspecified atom stereocenters. The fraction of sp³-hybridized carbons (Fsp3) is 0.214. The van der Waals surface area contributed by atoms with Crippen molar-refractivity contribution in [3.05, 3.63) is 111 Å². The smallest absolute Gasteiger partial charge is 0.256 e. The molecule has 3 aromatic carbocycles. The van der Waals surface area contributed by atoms with Gasteiger partial charge >= 0.3 is 0 Å². The molecule has 4 rings (SSSR count). The van der Waals surface area contributed by atoms with E-state index in [1.54, 1.807) is 12.1 Å². The van der Waals surface area contributed by atoms with E-state index in [4.69, 9.17) is 27.9 Å². The average Bonchev–Trinajstić information content (AvgIpc) is 3.18. The summed E-state index contributed by atoms with van der Waals surface area (Å²) in [4.78, 5) is 12.9. The Morgan fingerprint density at radius 3 is 2.46 bits per heavy atom. The van der Waals surface area contributed by atoms with E-state index in [0.717, 1.165) is 22.6 Å². The first-order valence-corrected chi connectivity index (χ1v) is 12.2. The minimum Gasteiger partial charge on any atom is -0.489 e. The molecular weight excluding hydrogens is 481 g/mol. The summed E-state index contributed by atoms with van der Waals surface area (Å²) in [7, 11) is 0. The Balaban J connectivity index is 1.39. The zero-order valence-corrected chi connectivity index (χ0v) is 21.4. The molecule has 0 saturated heterocycles. The summed E-state index contributed by atoms with van der Waals surface area (Å²) in [5.74, 6) is 1.53. The number of nitrogens with zero attached hydrogens (tertiary/aromatic N) is 2. The second kappa shape index (κ2) is 11.0. The highest BCUT2D eigenvalue weighted by molar-refractivity contribution is 6.42. The Kier molecular flexibility index (Phi) is 7.79. The first-order valence-electron chi connectivity index (χ1n) is 11.4. The van der Waals surface area contributed by atoms with E-state index in [-0.39, 0.29) is 5.91 Å². The van der Waals surface area contributed by atoms with Gasteiger partial charge in [0.15, 0.2) is 5.82 Å². The van der Waals surface area contributed by atoms with E-state index < -0.39 is 0 Å². The number of nitrogens with one attached hydrogen (secondary N) is 1. The van der Waals surface area contributed by atoms with Crippen LogP contribution in [0.15, 0.2) is 72.8 Å². The number of halogens is 2. The largest absolute Gasteiger partial charge is 0.489 e. The van der Waals surface area contributed by atoms with Crippen LogP contribution in [-0.4, -0.2) is 15.7 Å². The normalized spacial score (nSPS) is 11.0. The molecular formula is C28H27Cl2N3O2. The number of aryl methyl sites for hydroxylation is 1. The van der Waals surface area contributed by atoms with Crippen LogP contribution in [0.2, 0.25) is 10.0 Å². The number of carbonyl (C=O) groups excluding carboxylic acids is 1. The van der Waals surface area contributed by atoms with Gasteiger partial charge in [0.2, 0.25) is 0 Å². The van der Waals surface area contributed by atoms with Crippen molar-refractivity contribution in [2.24, 2.45) is 0 Å². The van der Waals surface area contributed by atoms with Crippen LogP contribution in [0.1, 0.15) is 52.5 Å². The molecule has 1 aromatic heterocycles. The van der Waals surface area contributed by atoms with Gasteiger partial charge < -0.3 is 10.1 Å². The zero-order valence-electron chi connectivity index (χ0n) is 19.9. The third-order valence-corrected chi connectivity index (χ3v) is 6.42. The summed E-state index contributed by atoms with van der Waals surface area (Å²) >= 11 is 12.1. The zero-order chi connectivity index (χ0) is 24.9. The van der Waals surface area contributed by atoms with Crippen LogP contribution in [0.25, 0.3) is 0 Å². The number of hydrogen-bond donors (Lipinski definition) is 1. The number of aromatic nitrogens is 2. The van der Waals surface area contributed by atoms with Gasteiger partial charge in [-0.1, -0.05) is 67.4 Å². The minimum atomic E-state index is -0.229. The molecule has 0 aliphatic rings. The number of carbonyl (C=O) groups is 1. The molecule has 0 bridgehead atoms. The third-order valence-electron chi connectivity index (χ3n) is 5.68. The first kappa shape index (κ1) is 24.8. The number of rotatable bonds is 8. The Labute approximate surface area is 215 Å². The van der Waals surface area contributed by atoms with Gasteiger partial charge in [-0.25, -0.2) is 0 Å². The Morgan fingerprint density at radius 1 is 0.971 bits per heavy atom. The molecule has 1 N–H and O–H groups in total. The molecule has 0 saturated carbocycles. The molecule has 1 amide bonds. The number of ether oxygens (including phenoxy) is 1. The number of amides is 1. The Bertz CT molecular complexity index is 1330. The molecule has 0 aliphatic carbocycles. The van der Waals surface area contributed by atoms with Crippen LogP contribution < -0.4 is 10.1 Å². The van der Waals surface area contributed by atoms with Gasteiger partial charge in [-0.15, -0.1) is 0 Å². The van der Waals surface area contributed by atoms with Gasteiger partial charge in [-0.05, 0) is 65.9 Å². The van der Waals surface area contributed by atoms with Gasteiger partial charge in [-0.2, -0.15) is 5.10 Å². The van der Waals surface area contributed by atoms with E-state index in [1.807, 2.05) is 60.1 Å². The van der Waals surface area contributed by atoms with Crippen molar-refractivity contribution in [1.29, 1.82) is 0 Å². The van der Waals surface area contributed by atoms with E-state index >= 15 is 0 Å². The maximum absolute atomic E-state index is 12.9. The van der Waals surface area contributed by atoms with Gasteiger partial charge in [0.05, 0.1) is 16.6 Å². The predicted octanol–water partition coefficient (Wildman–Crippen LogP) is 7.50. The minimum absolute atomic E-state index is 0.229. The molecule has 0 radical (unpaired) electrons. The first-order chi connectivity index (χ1) is 16.8. The lowest BCUT2D eigenvalue weighted by Crippen LogP contribution is -2.13. The highest BCUT2D eigenvalue weighted by Gasteiger charge is 2.12. The molecule has 35 heavy (non-hydrogen) atoms. The standard InChI is InChI=1S/C28H27Cl2N3O2/c1-18(2)22-8-10-24(11-9-22)35-17-21-5-4-6-23(14-21)28(34)31-27-13-19(3)33(32-27)16-20-7-12-25(29)26(30)15-20/h4-15,18H,16-17H2,1-3H3,(H,31,32,34). The Hall–Kier alpha value is -3.28. The highest BCUT2D eigenvalue weighted by atomic mass is 35.5. The van der Waals surface area contributed by atoms with Crippen molar-refractivity contribution in [2.75, 3.05) is 5.32 Å². The van der Waals surface area contributed by atoms with E-state index in [0.29, 0.717) is 40.5 Å². The number of benzene rings is 3. The lowest BCUT2D eigenvalue weighted by atomic mass is 10.0. The number of anilines is 1. The third kappa shape index (κ3) is 6.44. The molecule has 4 aromatic rings. The van der Waals surface area contributed by atoms with Crippen molar-refractivity contribution in [3.63, 3.8) is 0 Å². The summed E-state index contributed by atoms with van der Waals surface area (Å²) in [6, 6.07) is 22.8. The molecule has 5 nitrogen and oxygen atoms in total. The summed E-state index contributed by atoms with van der Waals surface area (Å²) in [5, 5.41) is 8.42. The SMILES string of the molecule is Cc1cc(NC(=O)c2cccc(COc3ccc(C(C)C)cc3)c2)nn1Cc1ccc(Cl)c(Cl)c1. The van der Waals surface area contributed by atoms with Crippen molar-refractivity contribution in [2.45, 2.75) is 39.8 Å². The van der Waals surface area contributed by atoms with Crippen LogP contribution in [0, 0.1) is 6.92 Å². The van der Waals surface area contributed by atoms with Crippen molar-refractivity contribution >= 4 is 34.9 Å². The second-order valence-electron chi connectivity index (χ2n) is 8.74. The molecule has 180 valence electrons. The van der Waals surface area contributed by atoms with Gasteiger partial charge in [0, 0.05) is 17.3 Å². The fourth-order valence-corrected chi connectivity index (χ4v) is 3.97. The summed E-state index contributed by atoms with van der Waals surface area (Å²) in [6.45, 7) is 7.15. The highest BCUT2D eigenvalue weighted by Crippen LogP contribution is 2.24. The maximum atomic E-state index is 12.9. The summed E-state index contributed by atoms with van der Waals surface area (Å²) in [6.07, 6.45) is 0. The number of hydrogen-bond acceptors (Lipinski definition) is 3. The lowest BCUT2D eigenvalue weighted by molar-refractivity contribution is 0.102. The van der Waals surface area contributed by atoms with E-state index in [9.17, 15) is 4.79 Å². The Morgan fingerprint density at radius 2 is 1.74 bits per heavy atom. The molecule has 7 heteroatoms. The lowest BCUT2D eigenvalue weighted by Gasteiger charge is -2.10. The molecule has 0 fully saturated rings. The summed E-state index contributed by atoms with van der Waals surface area (Å²) in [5.41, 5.74) is 4.60. The van der Waals surface area contributed by atoms with Gasteiger partial charge in [-0.3, -0.25) is 9.48 Å². The molecule has 0 spiro atoms. The maximum Gasteiger partial charge on any atom is 0.256 e. The molecule has 1 heterocycles. The van der Waals surface area contributed by atoms with Crippen molar-refractivity contribution < 1.29 is 9.53 Å². The van der Waals surface area contributed by atoms with Crippen molar-refractivity contribution in [1.82, 2.24) is 9.78 Å². The van der Waals surface area contributed by atoms with Crippen LogP contribution in [0.5, 0.6) is 5.75 Å².